The van der Waals surface area contributed by atoms with E-state index in [9.17, 15) is 0 Å². The summed E-state index contributed by atoms with van der Waals surface area (Å²) >= 11 is 22.9. The lowest BCUT2D eigenvalue weighted by atomic mass is 10.1. The van der Waals surface area contributed by atoms with Crippen LogP contribution in [0.1, 0.15) is 11.1 Å². The highest BCUT2D eigenvalue weighted by atomic mass is 35.5. The number of nitrogens with two attached hydrogens (primary N) is 1. The van der Waals surface area contributed by atoms with Crippen LogP contribution in [-0.2, 0) is 12.8 Å². The van der Waals surface area contributed by atoms with Crippen molar-refractivity contribution in [3.8, 4) is 6.07 Å². The average Bonchev–Trinajstić information content (AvgIpc) is 2.48. The molecule has 116 valence electrons. The summed E-state index contributed by atoms with van der Waals surface area (Å²) in [4.78, 5) is 0. The molecule has 2 nitrogen and oxygen atoms in total. The van der Waals surface area contributed by atoms with Crippen LogP contribution in [0, 0.1) is 11.3 Å². The quantitative estimate of drug-likeness (QED) is 0.763. The fourth-order valence-corrected chi connectivity index (χ4v) is 2.24. The Balaban J connectivity index is 0.000000220. The maximum atomic E-state index is 8.35. The van der Waals surface area contributed by atoms with E-state index in [1.165, 1.54) is 0 Å². The second-order valence-corrected chi connectivity index (χ2v) is 6.00. The van der Waals surface area contributed by atoms with E-state index in [2.05, 4.69) is 0 Å². The minimum absolute atomic E-state index is 0.372. The van der Waals surface area contributed by atoms with E-state index in [-0.39, 0.29) is 0 Å². The number of nitrogens with zero attached hydrogens (tertiary/aromatic N) is 1. The van der Waals surface area contributed by atoms with E-state index < -0.39 is 0 Å². The van der Waals surface area contributed by atoms with Crippen LogP contribution in [-0.4, -0.2) is 6.54 Å². The summed E-state index contributed by atoms with van der Waals surface area (Å²) in [6.45, 7) is 0.637. The van der Waals surface area contributed by atoms with Crippen molar-refractivity contribution in [1.29, 1.82) is 5.26 Å². The second kappa shape index (κ2) is 9.94. The smallest absolute Gasteiger partial charge is 0.0669 e. The number of hydrogen-bond acceptors (Lipinski definition) is 2. The molecule has 22 heavy (non-hydrogen) atoms. The van der Waals surface area contributed by atoms with Crippen molar-refractivity contribution in [3.05, 3.63) is 67.6 Å². The van der Waals surface area contributed by atoms with Crippen LogP contribution in [0.25, 0.3) is 0 Å². The Morgan fingerprint density at radius 3 is 1.77 bits per heavy atom. The Morgan fingerprint density at radius 2 is 1.32 bits per heavy atom. The lowest BCUT2D eigenvalue weighted by Gasteiger charge is -1.99. The Labute approximate surface area is 150 Å². The van der Waals surface area contributed by atoms with E-state index in [0.29, 0.717) is 33.1 Å². The van der Waals surface area contributed by atoms with Gasteiger partial charge in [-0.15, -0.1) is 0 Å². The van der Waals surface area contributed by atoms with Crippen molar-refractivity contribution in [2.24, 2.45) is 5.73 Å². The SMILES string of the molecule is N#CCc1ccc(Cl)c(Cl)c1.NCCc1ccc(Cl)c(Cl)c1. The average molecular weight is 376 g/mol. The molecule has 0 heterocycles. The molecule has 6 heteroatoms. The molecule has 0 aliphatic rings. The molecule has 2 rings (SSSR count). The Hall–Kier alpha value is -0.950. The van der Waals surface area contributed by atoms with E-state index in [0.717, 1.165) is 17.5 Å². The summed E-state index contributed by atoms with van der Waals surface area (Å²) in [5.74, 6) is 0. The molecule has 0 saturated heterocycles. The highest BCUT2D eigenvalue weighted by Gasteiger charge is 1.98. The van der Waals surface area contributed by atoms with Crippen molar-refractivity contribution in [2.45, 2.75) is 12.8 Å². The highest BCUT2D eigenvalue weighted by Crippen LogP contribution is 2.23. The molecule has 0 aromatic heterocycles. The summed E-state index contributed by atoms with van der Waals surface area (Å²) in [7, 11) is 0. The standard InChI is InChI=1S/C8H9Cl2N.C8H5Cl2N/c2*9-7-2-1-6(3-4-11)5-8(7)10/h1-2,5H,3-4,11H2;1-2,5H,3H2. The molecule has 0 amide bonds. The van der Waals surface area contributed by atoms with Crippen molar-refractivity contribution < 1.29 is 0 Å². The monoisotopic (exact) mass is 374 g/mol. The van der Waals surface area contributed by atoms with Gasteiger partial charge in [-0.25, -0.2) is 0 Å². The first-order valence-electron chi connectivity index (χ1n) is 6.42. The summed E-state index contributed by atoms with van der Waals surface area (Å²) in [6.07, 6.45) is 1.22. The summed E-state index contributed by atoms with van der Waals surface area (Å²) in [5, 5.41) is 10.6. The molecule has 0 aliphatic heterocycles. The van der Waals surface area contributed by atoms with E-state index in [1.54, 1.807) is 24.3 Å². The van der Waals surface area contributed by atoms with Crippen LogP contribution in [0.15, 0.2) is 36.4 Å². The molecule has 0 bridgehead atoms. The maximum Gasteiger partial charge on any atom is 0.0669 e. The normalized spacial score (nSPS) is 9.64. The van der Waals surface area contributed by atoms with Crippen LogP contribution in [0.4, 0.5) is 0 Å². The van der Waals surface area contributed by atoms with Crippen LogP contribution in [0.3, 0.4) is 0 Å². The summed E-state index contributed by atoms with van der Waals surface area (Å²) in [5.41, 5.74) is 7.39. The minimum atomic E-state index is 0.372. The van der Waals surface area contributed by atoms with Crippen molar-refractivity contribution >= 4 is 46.4 Å². The number of halogens is 4. The van der Waals surface area contributed by atoms with Gasteiger partial charge in [0.05, 0.1) is 32.6 Å². The molecule has 2 aromatic carbocycles. The van der Waals surface area contributed by atoms with Gasteiger partial charge < -0.3 is 5.73 Å². The molecule has 0 aliphatic carbocycles. The van der Waals surface area contributed by atoms with Gasteiger partial charge in [0.15, 0.2) is 0 Å². The lowest BCUT2D eigenvalue weighted by Crippen LogP contribution is -2.02. The predicted octanol–water partition coefficient (Wildman–Crippen LogP) is 5.55. The van der Waals surface area contributed by atoms with Crippen LogP contribution < -0.4 is 5.73 Å². The van der Waals surface area contributed by atoms with Gasteiger partial charge in [-0.1, -0.05) is 58.5 Å². The topological polar surface area (TPSA) is 49.8 Å². The van der Waals surface area contributed by atoms with Gasteiger partial charge in [0.25, 0.3) is 0 Å². The molecular weight excluding hydrogens is 362 g/mol. The molecule has 2 N–H and O–H groups in total. The molecule has 0 spiro atoms. The van der Waals surface area contributed by atoms with Gasteiger partial charge in [-0.2, -0.15) is 5.26 Å². The van der Waals surface area contributed by atoms with Gasteiger partial charge in [0.2, 0.25) is 0 Å². The molecule has 0 saturated carbocycles. The zero-order valence-corrected chi connectivity index (χ0v) is 14.6. The minimum Gasteiger partial charge on any atom is -0.330 e. The van der Waals surface area contributed by atoms with E-state index in [4.69, 9.17) is 57.4 Å². The number of hydrogen-bond donors (Lipinski definition) is 1. The number of nitriles is 1. The number of rotatable bonds is 3. The molecular formula is C16H14Cl4N2. The van der Waals surface area contributed by atoms with Gasteiger partial charge in [-0.3, -0.25) is 0 Å². The highest BCUT2D eigenvalue weighted by molar-refractivity contribution is 6.42. The lowest BCUT2D eigenvalue weighted by molar-refractivity contribution is 0.969. The van der Waals surface area contributed by atoms with Crippen molar-refractivity contribution in [1.82, 2.24) is 0 Å². The summed E-state index contributed by atoms with van der Waals surface area (Å²) < 4.78 is 0. The van der Waals surface area contributed by atoms with Gasteiger partial charge in [0, 0.05) is 0 Å². The van der Waals surface area contributed by atoms with Crippen molar-refractivity contribution in [2.75, 3.05) is 6.54 Å². The van der Waals surface area contributed by atoms with E-state index in [1.807, 2.05) is 18.2 Å². The Kier molecular flexibility index (Phi) is 8.63. The van der Waals surface area contributed by atoms with Crippen molar-refractivity contribution in [3.63, 3.8) is 0 Å². The first-order valence-corrected chi connectivity index (χ1v) is 7.94. The maximum absolute atomic E-state index is 8.35. The fourth-order valence-electron chi connectivity index (χ4n) is 1.60. The Bertz CT molecular complexity index is 666. The second-order valence-electron chi connectivity index (χ2n) is 4.37. The Morgan fingerprint density at radius 1 is 0.818 bits per heavy atom. The van der Waals surface area contributed by atoms with Crippen LogP contribution in [0.5, 0.6) is 0 Å². The molecule has 2 aromatic rings. The van der Waals surface area contributed by atoms with Gasteiger partial charge >= 0.3 is 0 Å². The third kappa shape index (κ3) is 6.44. The molecule has 0 unspecified atom stereocenters. The van der Waals surface area contributed by atoms with E-state index >= 15 is 0 Å². The third-order valence-electron chi connectivity index (χ3n) is 2.68. The van der Waals surface area contributed by atoms with Gasteiger partial charge in [-0.05, 0) is 48.4 Å². The first kappa shape index (κ1) is 19.1. The van der Waals surface area contributed by atoms with Crippen LogP contribution >= 0.6 is 46.4 Å². The first-order chi connectivity index (χ1) is 10.5. The fraction of sp³-hybridized carbons (Fsp3) is 0.188. The molecule has 0 atom stereocenters. The predicted molar refractivity (Wildman–Crippen MR) is 95.0 cm³/mol. The number of benzene rings is 2. The third-order valence-corrected chi connectivity index (χ3v) is 4.16. The van der Waals surface area contributed by atoms with Crippen LogP contribution in [0.2, 0.25) is 20.1 Å². The zero-order valence-electron chi connectivity index (χ0n) is 11.6. The zero-order chi connectivity index (χ0) is 16.5. The van der Waals surface area contributed by atoms with Gasteiger partial charge in [0.1, 0.15) is 0 Å². The molecule has 0 radical (unpaired) electrons. The molecule has 0 fully saturated rings. The largest absolute Gasteiger partial charge is 0.330 e. The summed E-state index contributed by atoms with van der Waals surface area (Å²) in [6, 6.07) is 12.8.